The largest absolute Gasteiger partial charge is 0.369 e. The molecule has 3 heterocycles. The van der Waals surface area contributed by atoms with Crippen LogP contribution < -0.4 is 10.5 Å². The maximum Gasteiger partial charge on any atom is 0.292 e. The minimum atomic E-state index is -0.306. The molecule has 0 atom stereocenters. The highest BCUT2D eigenvalue weighted by Gasteiger charge is 2.32. The summed E-state index contributed by atoms with van der Waals surface area (Å²) in [5, 5.41) is 8.71. The second-order valence-electron chi connectivity index (χ2n) is 7.42. The van der Waals surface area contributed by atoms with Crippen LogP contribution in [0.1, 0.15) is 49.2 Å². The molecule has 3 aromatic rings. The summed E-state index contributed by atoms with van der Waals surface area (Å²) in [5.41, 5.74) is 1.08. The van der Waals surface area contributed by atoms with E-state index in [0.717, 1.165) is 50.5 Å². The highest BCUT2D eigenvalue weighted by Crippen LogP contribution is 2.40. The molecule has 28 heavy (non-hydrogen) atoms. The van der Waals surface area contributed by atoms with Crippen molar-refractivity contribution in [2.75, 3.05) is 18.0 Å². The molecule has 1 aliphatic carbocycles. The van der Waals surface area contributed by atoms with E-state index in [2.05, 4.69) is 20.1 Å². The van der Waals surface area contributed by atoms with Crippen molar-refractivity contribution in [3.05, 3.63) is 63.6 Å². The zero-order valence-electron chi connectivity index (χ0n) is 15.3. The smallest absolute Gasteiger partial charge is 0.292 e. The molecule has 144 valence electrons. The summed E-state index contributed by atoms with van der Waals surface area (Å²) < 4.78 is 6.72. The number of hydrogen-bond acceptors (Lipinski definition) is 6. The number of piperidine rings is 1. The van der Waals surface area contributed by atoms with E-state index < -0.39 is 0 Å². The fourth-order valence-corrected chi connectivity index (χ4v) is 3.93. The maximum atomic E-state index is 12.7. The van der Waals surface area contributed by atoms with Gasteiger partial charge in [-0.2, -0.15) is 14.8 Å². The predicted molar refractivity (Wildman–Crippen MR) is 105 cm³/mol. The lowest BCUT2D eigenvalue weighted by atomic mass is 9.96. The van der Waals surface area contributed by atoms with Gasteiger partial charge in [0, 0.05) is 24.9 Å². The van der Waals surface area contributed by atoms with E-state index in [1.54, 1.807) is 6.20 Å². The third-order valence-corrected chi connectivity index (χ3v) is 5.84. The fourth-order valence-electron chi connectivity index (χ4n) is 3.69. The van der Waals surface area contributed by atoms with E-state index in [0.29, 0.717) is 17.3 Å². The maximum absolute atomic E-state index is 12.7. The van der Waals surface area contributed by atoms with E-state index in [4.69, 9.17) is 16.1 Å². The Morgan fingerprint density at radius 1 is 1.04 bits per heavy atom. The van der Waals surface area contributed by atoms with Crippen LogP contribution in [0, 0.1) is 0 Å². The van der Waals surface area contributed by atoms with Gasteiger partial charge >= 0.3 is 0 Å². The molecule has 0 N–H and O–H groups in total. The molecule has 0 amide bonds. The van der Waals surface area contributed by atoms with Gasteiger partial charge in [-0.25, -0.2) is 0 Å². The number of nitrogens with zero attached hydrogens (tertiary/aromatic N) is 5. The number of aromatic nitrogens is 4. The summed E-state index contributed by atoms with van der Waals surface area (Å²) in [7, 11) is 0. The molecular formula is C20H20ClN5O2. The van der Waals surface area contributed by atoms with Crippen LogP contribution in [-0.2, 0) is 0 Å². The van der Waals surface area contributed by atoms with Crippen LogP contribution in [0.3, 0.4) is 0 Å². The Balaban J connectivity index is 1.32. The van der Waals surface area contributed by atoms with Gasteiger partial charge < -0.3 is 9.42 Å². The monoisotopic (exact) mass is 397 g/mol. The Labute approximate surface area is 166 Å². The molecule has 8 heteroatoms. The summed E-state index contributed by atoms with van der Waals surface area (Å²) in [4.78, 5) is 19.4. The summed E-state index contributed by atoms with van der Waals surface area (Å²) in [6.07, 6.45) is 5.76. The zero-order valence-corrected chi connectivity index (χ0v) is 16.0. The van der Waals surface area contributed by atoms with Crippen molar-refractivity contribution in [3.63, 3.8) is 0 Å². The van der Waals surface area contributed by atoms with Crippen LogP contribution in [0.15, 0.2) is 45.8 Å². The second kappa shape index (κ2) is 7.05. The standard InChI is InChI=1S/C20H20ClN5O2/c21-17-16(12-22-26(20(17)27)15-4-2-1-3-5-15)25-10-8-13(9-11-25)18-23-19(28-24-18)14-6-7-14/h1-5,12-14H,6-11H2. The average molecular weight is 398 g/mol. The van der Waals surface area contributed by atoms with Crippen LogP contribution in [0.4, 0.5) is 5.69 Å². The first-order chi connectivity index (χ1) is 13.7. The SMILES string of the molecule is O=c1c(Cl)c(N2CCC(c3noc(C4CC4)n3)CC2)cnn1-c1ccccc1. The lowest BCUT2D eigenvalue weighted by molar-refractivity contribution is 0.365. The van der Waals surface area contributed by atoms with E-state index in [-0.39, 0.29) is 16.5 Å². The summed E-state index contributed by atoms with van der Waals surface area (Å²) >= 11 is 6.43. The van der Waals surface area contributed by atoms with Crippen LogP contribution in [-0.4, -0.2) is 33.0 Å². The van der Waals surface area contributed by atoms with E-state index in [1.807, 2.05) is 30.3 Å². The van der Waals surface area contributed by atoms with Gasteiger partial charge in [0.2, 0.25) is 5.89 Å². The Bertz CT molecular complexity index is 1040. The number of hydrogen-bond donors (Lipinski definition) is 0. The Hall–Kier alpha value is -2.67. The van der Waals surface area contributed by atoms with E-state index in [1.165, 1.54) is 4.68 Å². The molecule has 1 saturated carbocycles. The van der Waals surface area contributed by atoms with Gasteiger partial charge in [0.15, 0.2) is 5.82 Å². The number of para-hydroxylation sites is 1. The van der Waals surface area contributed by atoms with Crippen molar-refractivity contribution in [1.82, 2.24) is 19.9 Å². The second-order valence-corrected chi connectivity index (χ2v) is 7.80. The molecule has 1 aliphatic heterocycles. The number of benzene rings is 1. The molecule has 0 unspecified atom stereocenters. The molecule has 1 aromatic carbocycles. The summed E-state index contributed by atoms with van der Waals surface area (Å²) in [6.45, 7) is 1.54. The van der Waals surface area contributed by atoms with Gasteiger partial charge in [0.05, 0.1) is 17.6 Å². The van der Waals surface area contributed by atoms with Gasteiger partial charge in [-0.05, 0) is 37.8 Å². The van der Waals surface area contributed by atoms with Crippen molar-refractivity contribution < 1.29 is 4.52 Å². The van der Waals surface area contributed by atoms with Crippen molar-refractivity contribution >= 4 is 17.3 Å². The van der Waals surface area contributed by atoms with Crippen LogP contribution >= 0.6 is 11.6 Å². The molecule has 2 fully saturated rings. The number of halogens is 1. The van der Waals surface area contributed by atoms with Gasteiger partial charge in [-0.1, -0.05) is 35.0 Å². The Kier molecular flexibility index (Phi) is 4.39. The number of anilines is 1. The Morgan fingerprint density at radius 2 is 1.79 bits per heavy atom. The van der Waals surface area contributed by atoms with Crippen molar-refractivity contribution in [2.45, 2.75) is 37.5 Å². The van der Waals surface area contributed by atoms with Crippen LogP contribution in [0.2, 0.25) is 5.02 Å². The summed E-state index contributed by atoms with van der Waals surface area (Å²) in [6, 6.07) is 9.28. The highest BCUT2D eigenvalue weighted by atomic mass is 35.5. The summed E-state index contributed by atoms with van der Waals surface area (Å²) in [5.74, 6) is 2.35. The van der Waals surface area contributed by atoms with Gasteiger partial charge in [-0.3, -0.25) is 4.79 Å². The number of rotatable bonds is 4. The van der Waals surface area contributed by atoms with Crippen LogP contribution in [0.25, 0.3) is 5.69 Å². The Morgan fingerprint density at radius 3 is 2.50 bits per heavy atom. The van der Waals surface area contributed by atoms with Crippen LogP contribution in [0.5, 0.6) is 0 Å². The van der Waals surface area contributed by atoms with Gasteiger partial charge in [0.1, 0.15) is 5.02 Å². The molecular weight excluding hydrogens is 378 g/mol. The molecule has 0 spiro atoms. The molecule has 1 saturated heterocycles. The lowest BCUT2D eigenvalue weighted by Crippen LogP contribution is -2.35. The first kappa shape index (κ1) is 17.4. The fraction of sp³-hybridized carbons (Fsp3) is 0.400. The van der Waals surface area contributed by atoms with E-state index in [9.17, 15) is 4.79 Å². The molecule has 2 aliphatic rings. The molecule has 0 radical (unpaired) electrons. The first-order valence-electron chi connectivity index (χ1n) is 9.62. The topological polar surface area (TPSA) is 77.1 Å². The molecule has 5 rings (SSSR count). The normalized spacial score (nSPS) is 17.8. The van der Waals surface area contributed by atoms with Crippen molar-refractivity contribution in [3.8, 4) is 5.69 Å². The lowest BCUT2D eigenvalue weighted by Gasteiger charge is -2.32. The van der Waals surface area contributed by atoms with Gasteiger partial charge in [0.25, 0.3) is 5.56 Å². The highest BCUT2D eigenvalue weighted by molar-refractivity contribution is 6.33. The zero-order chi connectivity index (χ0) is 19.1. The average Bonchev–Trinajstić information content (AvgIpc) is 3.48. The third-order valence-electron chi connectivity index (χ3n) is 5.49. The van der Waals surface area contributed by atoms with Crippen molar-refractivity contribution in [2.24, 2.45) is 0 Å². The minimum Gasteiger partial charge on any atom is -0.369 e. The molecule has 7 nitrogen and oxygen atoms in total. The van der Waals surface area contributed by atoms with E-state index >= 15 is 0 Å². The minimum absolute atomic E-state index is 0.202. The molecule has 2 aromatic heterocycles. The predicted octanol–water partition coefficient (Wildman–Crippen LogP) is 3.53. The first-order valence-corrected chi connectivity index (χ1v) is 10.00. The third kappa shape index (κ3) is 3.20. The molecule has 0 bridgehead atoms. The quantitative estimate of drug-likeness (QED) is 0.670. The van der Waals surface area contributed by atoms with Crippen molar-refractivity contribution in [1.29, 1.82) is 0 Å². The van der Waals surface area contributed by atoms with Gasteiger partial charge in [-0.15, -0.1) is 0 Å².